The average Bonchev–Trinajstić information content (AvgIpc) is 3.15. The minimum Gasteiger partial charge on any atom is -0.480 e. The Bertz CT molecular complexity index is 728. The Hall–Kier alpha value is -2.70. The third-order valence-corrected chi connectivity index (χ3v) is 4.31. The van der Waals surface area contributed by atoms with Crippen LogP contribution in [0.5, 0.6) is 0 Å². The lowest BCUT2D eigenvalue weighted by molar-refractivity contribution is -0.155. The number of likely N-dealkylation sites (tertiary alicyclic amines) is 1. The van der Waals surface area contributed by atoms with Gasteiger partial charge in [-0.25, -0.2) is 9.48 Å². The molecule has 0 aliphatic carbocycles. The monoisotopic (exact) mass is 314 g/mol. The number of aliphatic carboxylic acids is 1. The number of hydrogen-bond donors (Lipinski definition) is 1. The van der Waals surface area contributed by atoms with Crippen molar-refractivity contribution < 1.29 is 14.7 Å². The van der Waals surface area contributed by atoms with Crippen molar-refractivity contribution in [1.82, 2.24) is 19.9 Å². The van der Waals surface area contributed by atoms with Crippen LogP contribution in [-0.4, -0.2) is 49.0 Å². The number of hydrogen-bond acceptors (Lipinski definition) is 4. The molecule has 23 heavy (non-hydrogen) atoms. The Morgan fingerprint density at radius 3 is 2.74 bits per heavy atom. The van der Waals surface area contributed by atoms with E-state index in [9.17, 15) is 14.7 Å². The molecule has 2 aromatic rings. The zero-order valence-electron chi connectivity index (χ0n) is 12.8. The first-order valence-electron chi connectivity index (χ1n) is 7.50. The summed E-state index contributed by atoms with van der Waals surface area (Å²) in [6.45, 7) is 2.04. The van der Waals surface area contributed by atoms with Crippen LogP contribution < -0.4 is 0 Å². The van der Waals surface area contributed by atoms with Crippen molar-refractivity contribution >= 4 is 11.9 Å². The number of carbonyl (C=O) groups excluding carboxylic acids is 1. The van der Waals surface area contributed by atoms with Gasteiger partial charge in [-0.05, 0) is 19.8 Å². The SMILES string of the molecule is CC1(C(=O)O)CCCN1C(=O)Cn1cc(-c2ccccc2)nn1. The zero-order chi connectivity index (χ0) is 16.4. The van der Waals surface area contributed by atoms with Crippen molar-refractivity contribution in [3.05, 3.63) is 36.5 Å². The largest absolute Gasteiger partial charge is 0.480 e. The van der Waals surface area contributed by atoms with Gasteiger partial charge in [-0.2, -0.15) is 0 Å². The van der Waals surface area contributed by atoms with Crippen LogP contribution in [0.25, 0.3) is 11.3 Å². The van der Waals surface area contributed by atoms with Crippen LogP contribution in [0, 0.1) is 0 Å². The predicted octanol–water partition coefficient (Wildman–Crippen LogP) is 1.41. The Morgan fingerprint density at radius 2 is 2.04 bits per heavy atom. The zero-order valence-corrected chi connectivity index (χ0v) is 12.8. The third-order valence-electron chi connectivity index (χ3n) is 4.31. The number of carboxylic acids is 1. The van der Waals surface area contributed by atoms with Gasteiger partial charge < -0.3 is 10.0 Å². The van der Waals surface area contributed by atoms with Crippen molar-refractivity contribution in [1.29, 1.82) is 0 Å². The van der Waals surface area contributed by atoms with Crippen LogP contribution in [0.3, 0.4) is 0 Å². The predicted molar refractivity (Wildman–Crippen MR) is 82.4 cm³/mol. The van der Waals surface area contributed by atoms with Gasteiger partial charge in [0, 0.05) is 12.1 Å². The molecule has 0 spiro atoms. The fraction of sp³-hybridized carbons (Fsp3) is 0.375. The lowest BCUT2D eigenvalue weighted by Crippen LogP contribution is -2.51. The van der Waals surface area contributed by atoms with E-state index in [0.717, 1.165) is 5.56 Å². The second kappa shape index (κ2) is 5.83. The van der Waals surface area contributed by atoms with E-state index in [4.69, 9.17) is 0 Å². The molecule has 120 valence electrons. The summed E-state index contributed by atoms with van der Waals surface area (Å²) in [5, 5.41) is 17.4. The van der Waals surface area contributed by atoms with E-state index < -0.39 is 11.5 Å². The van der Waals surface area contributed by atoms with Gasteiger partial charge in [0.1, 0.15) is 17.8 Å². The molecule has 7 nitrogen and oxygen atoms in total. The molecule has 0 saturated carbocycles. The number of benzene rings is 1. The molecule has 0 bridgehead atoms. The highest BCUT2D eigenvalue weighted by molar-refractivity contribution is 5.87. The topological polar surface area (TPSA) is 88.3 Å². The summed E-state index contributed by atoms with van der Waals surface area (Å²) in [6, 6.07) is 9.55. The molecule has 1 aliphatic heterocycles. The second-order valence-electron chi connectivity index (χ2n) is 5.90. The molecule has 1 aliphatic rings. The van der Waals surface area contributed by atoms with E-state index >= 15 is 0 Å². The molecular formula is C16H18N4O3. The minimum absolute atomic E-state index is 0.0112. The first kappa shape index (κ1) is 15.2. The Morgan fingerprint density at radius 1 is 1.30 bits per heavy atom. The number of amides is 1. The number of rotatable bonds is 4. The summed E-state index contributed by atoms with van der Waals surface area (Å²) < 4.78 is 1.45. The van der Waals surface area contributed by atoms with Gasteiger partial charge in [0.05, 0.1) is 6.20 Å². The summed E-state index contributed by atoms with van der Waals surface area (Å²) >= 11 is 0. The smallest absolute Gasteiger partial charge is 0.329 e. The van der Waals surface area contributed by atoms with Gasteiger partial charge >= 0.3 is 5.97 Å². The molecule has 1 amide bonds. The first-order chi connectivity index (χ1) is 11.0. The second-order valence-corrected chi connectivity index (χ2v) is 5.90. The molecule has 7 heteroatoms. The van der Waals surface area contributed by atoms with Crippen molar-refractivity contribution in [2.75, 3.05) is 6.54 Å². The van der Waals surface area contributed by atoms with Gasteiger partial charge in [0.15, 0.2) is 0 Å². The standard InChI is InChI=1S/C16H18N4O3/c1-16(15(22)23)8-5-9-20(16)14(21)11-19-10-13(17-18-19)12-6-3-2-4-7-12/h2-4,6-7,10H,5,8-9,11H2,1H3,(H,22,23). The number of aromatic nitrogens is 3. The van der Waals surface area contributed by atoms with Gasteiger partial charge in [-0.15, -0.1) is 5.10 Å². The first-order valence-corrected chi connectivity index (χ1v) is 7.50. The van der Waals surface area contributed by atoms with Gasteiger partial charge in [-0.1, -0.05) is 35.5 Å². The number of carboxylic acid groups (broad SMARTS) is 1. The maximum atomic E-state index is 12.5. The highest BCUT2D eigenvalue weighted by Gasteiger charge is 2.45. The van der Waals surface area contributed by atoms with E-state index in [2.05, 4.69) is 10.3 Å². The third kappa shape index (κ3) is 2.81. The molecule has 1 aromatic heterocycles. The molecule has 3 rings (SSSR count). The van der Waals surface area contributed by atoms with Crippen molar-refractivity contribution in [3.8, 4) is 11.3 Å². The molecule has 2 heterocycles. The van der Waals surface area contributed by atoms with Crippen LogP contribution in [0.1, 0.15) is 19.8 Å². The van der Waals surface area contributed by atoms with Crippen molar-refractivity contribution in [2.45, 2.75) is 31.8 Å². The quantitative estimate of drug-likeness (QED) is 0.922. The fourth-order valence-electron chi connectivity index (χ4n) is 2.93. The Labute approximate surface area is 133 Å². The number of nitrogens with zero attached hydrogens (tertiary/aromatic N) is 4. The summed E-state index contributed by atoms with van der Waals surface area (Å²) in [6.07, 6.45) is 2.86. The molecule has 1 unspecified atom stereocenters. The van der Waals surface area contributed by atoms with Crippen LogP contribution in [0.4, 0.5) is 0 Å². The van der Waals surface area contributed by atoms with E-state index in [0.29, 0.717) is 25.1 Å². The molecule has 1 N–H and O–H groups in total. The summed E-state index contributed by atoms with van der Waals surface area (Å²) in [7, 11) is 0. The highest BCUT2D eigenvalue weighted by atomic mass is 16.4. The molecular weight excluding hydrogens is 296 g/mol. The van der Waals surface area contributed by atoms with E-state index in [1.54, 1.807) is 13.1 Å². The molecule has 1 aromatic carbocycles. The van der Waals surface area contributed by atoms with Gasteiger partial charge in [0.2, 0.25) is 5.91 Å². The average molecular weight is 314 g/mol. The van der Waals surface area contributed by atoms with E-state index in [1.807, 2.05) is 30.3 Å². The van der Waals surface area contributed by atoms with Crippen LogP contribution in [0.15, 0.2) is 36.5 Å². The van der Waals surface area contributed by atoms with Crippen LogP contribution in [0.2, 0.25) is 0 Å². The number of carbonyl (C=O) groups is 2. The highest BCUT2D eigenvalue weighted by Crippen LogP contribution is 2.29. The molecule has 1 saturated heterocycles. The fourth-order valence-corrected chi connectivity index (χ4v) is 2.93. The van der Waals surface area contributed by atoms with E-state index in [1.165, 1.54) is 9.58 Å². The lowest BCUT2D eigenvalue weighted by Gasteiger charge is -2.31. The lowest BCUT2D eigenvalue weighted by atomic mass is 9.99. The van der Waals surface area contributed by atoms with Crippen molar-refractivity contribution in [3.63, 3.8) is 0 Å². The minimum atomic E-state index is -1.13. The summed E-state index contributed by atoms with van der Waals surface area (Å²) in [4.78, 5) is 25.3. The Balaban J connectivity index is 1.74. The molecule has 1 atom stereocenters. The maximum absolute atomic E-state index is 12.5. The Kier molecular flexibility index (Phi) is 3.85. The normalized spacial score (nSPS) is 20.7. The van der Waals surface area contributed by atoms with Gasteiger partial charge in [-0.3, -0.25) is 4.79 Å². The summed E-state index contributed by atoms with van der Waals surface area (Å²) in [5.74, 6) is -1.22. The maximum Gasteiger partial charge on any atom is 0.329 e. The molecule has 1 fully saturated rings. The molecule has 0 radical (unpaired) electrons. The summed E-state index contributed by atoms with van der Waals surface area (Å²) in [5.41, 5.74) is 0.475. The van der Waals surface area contributed by atoms with Crippen LogP contribution >= 0.6 is 0 Å². The van der Waals surface area contributed by atoms with Crippen molar-refractivity contribution in [2.24, 2.45) is 0 Å². The van der Waals surface area contributed by atoms with Crippen LogP contribution in [-0.2, 0) is 16.1 Å². The van der Waals surface area contributed by atoms with Gasteiger partial charge in [0.25, 0.3) is 0 Å². The van der Waals surface area contributed by atoms with E-state index in [-0.39, 0.29) is 12.5 Å².